The van der Waals surface area contributed by atoms with E-state index in [0.717, 1.165) is 11.4 Å². The number of rotatable bonds is 2. The summed E-state index contributed by atoms with van der Waals surface area (Å²) < 4.78 is 25.9. The molecule has 0 aromatic rings. The van der Waals surface area contributed by atoms with Gasteiger partial charge in [0.25, 0.3) is 0 Å². The van der Waals surface area contributed by atoms with Gasteiger partial charge in [0.2, 0.25) is 0 Å². The van der Waals surface area contributed by atoms with Crippen molar-refractivity contribution in [2.24, 2.45) is 0 Å². The highest BCUT2D eigenvalue weighted by Crippen LogP contribution is 1.90. The summed E-state index contributed by atoms with van der Waals surface area (Å²) in [6, 6.07) is 0. The van der Waals surface area contributed by atoms with Crippen molar-refractivity contribution in [1.82, 2.24) is 4.31 Å². The van der Waals surface area contributed by atoms with Gasteiger partial charge in [-0.2, -0.15) is 12.7 Å². The van der Waals surface area contributed by atoms with Crippen LogP contribution < -0.4 is 0 Å². The minimum Gasteiger partial charge on any atom is -0.261 e. The lowest BCUT2D eigenvalue weighted by molar-refractivity contribution is 0.352. The molecule has 0 bridgehead atoms. The average molecular weight is 139 g/mol. The summed E-state index contributed by atoms with van der Waals surface area (Å²) in [5.41, 5.74) is 0. The third-order valence-corrected chi connectivity index (χ3v) is 1.97. The molecule has 0 unspecified atom stereocenters. The topological polar surface area (TPSA) is 46.6 Å². The third-order valence-electron chi connectivity index (χ3n) is 0.658. The Morgan fingerprint density at radius 2 is 1.75 bits per heavy atom. The van der Waals surface area contributed by atoms with Gasteiger partial charge >= 0.3 is 10.3 Å². The first-order valence-electron chi connectivity index (χ1n) is 1.99. The van der Waals surface area contributed by atoms with Gasteiger partial charge in [-0.1, -0.05) is 0 Å². The van der Waals surface area contributed by atoms with Crippen LogP contribution in [0.1, 0.15) is 0 Å². The average Bonchev–Trinajstić information content (AvgIpc) is 1.67. The maximum Gasteiger partial charge on any atom is 0.337 e. The molecule has 0 aromatic carbocycles. The van der Waals surface area contributed by atoms with Gasteiger partial charge in [-0.25, -0.2) is 0 Å². The number of hydrogen-bond donors (Lipinski definition) is 0. The Balaban J connectivity index is 4.17. The quantitative estimate of drug-likeness (QED) is 0.515. The zero-order valence-corrected chi connectivity index (χ0v) is 5.90. The lowest BCUT2D eigenvalue weighted by Crippen LogP contribution is -2.22. The van der Waals surface area contributed by atoms with Crippen molar-refractivity contribution >= 4 is 10.3 Å². The molecule has 8 heavy (non-hydrogen) atoms. The van der Waals surface area contributed by atoms with Crippen molar-refractivity contribution in [3.8, 4) is 0 Å². The highest BCUT2D eigenvalue weighted by molar-refractivity contribution is 7.84. The summed E-state index contributed by atoms with van der Waals surface area (Å²) in [5.74, 6) is 0. The second kappa shape index (κ2) is 2.43. The molecule has 0 radical (unpaired) electrons. The van der Waals surface area contributed by atoms with E-state index < -0.39 is 10.3 Å². The molecule has 0 fully saturated rings. The van der Waals surface area contributed by atoms with Crippen LogP contribution in [0.4, 0.5) is 0 Å². The van der Waals surface area contributed by atoms with E-state index in [2.05, 4.69) is 4.18 Å². The summed E-state index contributed by atoms with van der Waals surface area (Å²) in [7, 11) is 0.521. The standard InChI is InChI=1S/C3H9NO3S/c1-4(2)8(5,6)7-3/h1-3H3. The van der Waals surface area contributed by atoms with Crippen LogP contribution in [0.5, 0.6) is 0 Å². The van der Waals surface area contributed by atoms with E-state index in [-0.39, 0.29) is 0 Å². The SMILES string of the molecule is COS(=O)(=O)N(C)C. The highest BCUT2D eigenvalue weighted by Gasteiger charge is 2.09. The molecule has 0 N–H and O–H groups in total. The van der Waals surface area contributed by atoms with Crippen molar-refractivity contribution in [3.63, 3.8) is 0 Å². The van der Waals surface area contributed by atoms with Gasteiger partial charge in [-0.3, -0.25) is 4.18 Å². The molecule has 0 saturated carbocycles. The van der Waals surface area contributed by atoms with E-state index in [4.69, 9.17) is 0 Å². The van der Waals surface area contributed by atoms with Crippen LogP contribution in [0.15, 0.2) is 0 Å². The predicted molar refractivity (Wildman–Crippen MR) is 29.6 cm³/mol. The van der Waals surface area contributed by atoms with Gasteiger partial charge < -0.3 is 0 Å². The fourth-order valence-corrected chi connectivity index (χ4v) is 0.447. The van der Waals surface area contributed by atoms with Crippen LogP contribution >= 0.6 is 0 Å². The second-order valence-corrected chi connectivity index (χ2v) is 3.33. The molecule has 50 valence electrons. The van der Waals surface area contributed by atoms with E-state index in [0.29, 0.717) is 0 Å². The molecule has 0 spiro atoms. The normalized spacial score (nSPS) is 12.5. The molecule has 0 heterocycles. The Labute approximate surface area is 49.3 Å². The van der Waals surface area contributed by atoms with E-state index in [1.54, 1.807) is 0 Å². The van der Waals surface area contributed by atoms with Crippen LogP contribution in [-0.4, -0.2) is 33.9 Å². The van der Waals surface area contributed by atoms with E-state index in [9.17, 15) is 8.42 Å². The Kier molecular flexibility index (Phi) is 2.39. The molecular formula is C3H9NO3S. The van der Waals surface area contributed by atoms with Gasteiger partial charge in [0.15, 0.2) is 0 Å². The van der Waals surface area contributed by atoms with E-state index in [1.165, 1.54) is 14.1 Å². The zero-order chi connectivity index (χ0) is 6.78. The van der Waals surface area contributed by atoms with E-state index in [1.807, 2.05) is 0 Å². The Morgan fingerprint density at radius 3 is 1.75 bits per heavy atom. The Morgan fingerprint density at radius 1 is 1.38 bits per heavy atom. The van der Waals surface area contributed by atoms with Crippen LogP contribution in [0.25, 0.3) is 0 Å². The van der Waals surface area contributed by atoms with Gasteiger partial charge in [-0.05, 0) is 0 Å². The maximum absolute atomic E-state index is 10.4. The van der Waals surface area contributed by atoms with Gasteiger partial charge in [0, 0.05) is 14.1 Å². The van der Waals surface area contributed by atoms with Crippen LogP contribution in [0.2, 0.25) is 0 Å². The van der Waals surface area contributed by atoms with Gasteiger partial charge in [-0.15, -0.1) is 0 Å². The van der Waals surface area contributed by atoms with Gasteiger partial charge in [0.05, 0.1) is 7.11 Å². The first-order chi connectivity index (χ1) is 3.50. The molecule has 0 aliphatic carbocycles. The number of nitrogens with zero attached hydrogens (tertiary/aromatic N) is 1. The third kappa shape index (κ3) is 1.77. The minimum absolute atomic E-state index is 0.993. The molecule has 0 aliphatic heterocycles. The molecular weight excluding hydrogens is 130 g/mol. The van der Waals surface area contributed by atoms with Crippen molar-refractivity contribution in [3.05, 3.63) is 0 Å². The van der Waals surface area contributed by atoms with E-state index >= 15 is 0 Å². The van der Waals surface area contributed by atoms with Gasteiger partial charge in [0.1, 0.15) is 0 Å². The molecule has 0 rings (SSSR count). The van der Waals surface area contributed by atoms with Crippen molar-refractivity contribution in [2.75, 3.05) is 21.2 Å². The molecule has 4 nitrogen and oxygen atoms in total. The second-order valence-electron chi connectivity index (χ2n) is 1.41. The summed E-state index contributed by atoms with van der Waals surface area (Å²) >= 11 is 0. The summed E-state index contributed by atoms with van der Waals surface area (Å²) in [6.45, 7) is 0. The lowest BCUT2D eigenvalue weighted by atomic mass is 11.3. The lowest BCUT2D eigenvalue weighted by Gasteiger charge is -2.06. The minimum atomic E-state index is -3.40. The maximum atomic E-state index is 10.4. The zero-order valence-electron chi connectivity index (χ0n) is 5.08. The van der Waals surface area contributed by atoms with Crippen molar-refractivity contribution < 1.29 is 12.6 Å². The molecule has 0 aromatic heterocycles. The van der Waals surface area contributed by atoms with Crippen LogP contribution in [-0.2, 0) is 14.5 Å². The predicted octanol–water partition coefficient (Wildman–Crippen LogP) is -0.561. The molecule has 0 atom stereocenters. The Hall–Kier alpha value is -0.130. The molecule has 0 amide bonds. The van der Waals surface area contributed by atoms with Crippen molar-refractivity contribution in [2.45, 2.75) is 0 Å². The molecule has 0 aliphatic rings. The highest BCUT2D eigenvalue weighted by atomic mass is 32.2. The number of hydrogen-bond acceptors (Lipinski definition) is 3. The molecule has 5 heteroatoms. The Bertz CT molecular complexity index is 148. The fourth-order valence-electron chi connectivity index (χ4n) is 0.149. The van der Waals surface area contributed by atoms with Crippen LogP contribution in [0, 0.1) is 0 Å². The smallest absolute Gasteiger partial charge is 0.261 e. The van der Waals surface area contributed by atoms with Crippen molar-refractivity contribution in [1.29, 1.82) is 0 Å². The fraction of sp³-hybridized carbons (Fsp3) is 1.00. The molecule has 0 saturated heterocycles. The first kappa shape index (κ1) is 7.87. The summed E-state index contributed by atoms with van der Waals surface area (Å²) in [5, 5.41) is 0. The van der Waals surface area contributed by atoms with Crippen LogP contribution in [0.3, 0.4) is 0 Å². The summed E-state index contributed by atoms with van der Waals surface area (Å²) in [4.78, 5) is 0. The largest absolute Gasteiger partial charge is 0.337 e. The first-order valence-corrected chi connectivity index (χ1v) is 3.35. The monoisotopic (exact) mass is 139 g/mol. The summed E-state index contributed by atoms with van der Waals surface area (Å²) in [6.07, 6.45) is 0.